The number of imide groups is 1. The number of hydrogen-bond acceptors (Lipinski definition) is 7. The number of rotatable bonds is 7. The minimum Gasteiger partial charge on any atom is -0.326 e. The number of benzene rings is 1. The molecule has 146 valence electrons. The van der Waals surface area contributed by atoms with Crippen LogP contribution in [0.25, 0.3) is 0 Å². The predicted octanol–water partition coefficient (Wildman–Crippen LogP) is 0.0275. The molecular formula is C14H15FN4O7S. The van der Waals surface area contributed by atoms with Crippen LogP contribution >= 0.6 is 0 Å². The summed E-state index contributed by atoms with van der Waals surface area (Å²) in [6.45, 7) is -0.689. The van der Waals surface area contributed by atoms with Crippen LogP contribution in [0.15, 0.2) is 18.2 Å². The molecule has 1 aliphatic rings. The van der Waals surface area contributed by atoms with E-state index in [1.807, 2.05) is 0 Å². The fraction of sp³-hybridized carbons (Fsp3) is 0.357. The van der Waals surface area contributed by atoms with Crippen molar-refractivity contribution in [1.29, 1.82) is 0 Å². The number of amides is 4. The first-order valence-corrected chi connectivity index (χ1v) is 9.57. The van der Waals surface area contributed by atoms with Crippen LogP contribution < -0.4 is 10.6 Å². The Balaban J connectivity index is 2.01. The van der Waals surface area contributed by atoms with Gasteiger partial charge in [-0.1, -0.05) is 0 Å². The molecule has 1 saturated heterocycles. The van der Waals surface area contributed by atoms with Crippen LogP contribution in [0, 0.1) is 15.9 Å². The standard InChI is InChI=1S/C14H15FN4O7S/c1-27(25,26)5-4-10-13(21)18(14(22)17-10)7-12(20)16-8-2-3-9(15)11(6-8)19(23)24/h2-3,6,10H,4-5,7H2,1H3,(H,16,20)(H,17,22). The molecule has 1 fully saturated rings. The number of nitro groups is 1. The molecule has 4 amide bonds. The van der Waals surface area contributed by atoms with Gasteiger partial charge in [0, 0.05) is 18.0 Å². The fourth-order valence-corrected chi connectivity index (χ4v) is 2.99. The van der Waals surface area contributed by atoms with Gasteiger partial charge in [-0.2, -0.15) is 4.39 Å². The quantitative estimate of drug-likeness (QED) is 0.370. The number of nitrogens with zero attached hydrogens (tertiary/aromatic N) is 2. The van der Waals surface area contributed by atoms with Gasteiger partial charge < -0.3 is 10.6 Å². The van der Waals surface area contributed by atoms with Crippen molar-refractivity contribution in [1.82, 2.24) is 10.2 Å². The van der Waals surface area contributed by atoms with Gasteiger partial charge in [0.2, 0.25) is 11.7 Å². The third kappa shape index (κ3) is 5.20. The number of nitrogens with one attached hydrogen (secondary N) is 2. The second-order valence-corrected chi connectivity index (χ2v) is 8.08. The summed E-state index contributed by atoms with van der Waals surface area (Å²) < 4.78 is 35.6. The maximum atomic E-state index is 13.3. The molecule has 2 rings (SSSR count). The van der Waals surface area contributed by atoms with Crippen LogP contribution in [0.4, 0.5) is 20.6 Å². The zero-order valence-electron chi connectivity index (χ0n) is 14.0. The molecule has 0 aromatic heterocycles. The summed E-state index contributed by atoms with van der Waals surface area (Å²) in [6, 6.07) is 0.753. The average Bonchev–Trinajstić information content (AvgIpc) is 2.81. The number of urea groups is 1. The van der Waals surface area contributed by atoms with Gasteiger partial charge in [-0.25, -0.2) is 13.2 Å². The fourth-order valence-electron chi connectivity index (χ4n) is 2.33. The van der Waals surface area contributed by atoms with E-state index in [1.165, 1.54) is 0 Å². The Morgan fingerprint density at radius 2 is 2.07 bits per heavy atom. The number of nitro benzene ring substituents is 1. The topological polar surface area (TPSA) is 156 Å². The number of carbonyl (C=O) groups excluding carboxylic acids is 3. The number of sulfone groups is 1. The largest absolute Gasteiger partial charge is 0.326 e. The van der Waals surface area contributed by atoms with Crippen molar-refractivity contribution in [2.75, 3.05) is 23.9 Å². The molecule has 1 aromatic rings. The Hall–Kier alpha value is -3.09. The molecule has 27 heavy (non-hydrogen) atoms. The van der Waals surface area contributed by atoms with Gasteiger partial charge in [0.1, 0.15) is 22.4 Å². The molecule has 2 N–H and O–H groups in total. The van der Waals surface area contributed by atoms with Gasteiger partial charge in [0.25, 0.3) is 5.91 Å². The molecule has 0 aliphatic carbocycles. The first-order valence-electron chi connectivity index (χ1n) is 7.51. The Morgan fingerprint density at radius 3 is 2.67 bits per heavy atom. The van der Waals surface area contributed by atoms with E-state index in [2.05, 4.69) is 10.6 Å². The van der Waals surface area contributed by atoms with E-state index < -0.39 is 56.7 Å². The Morgan fingerprint density at radius 1 is 1.41 bits per heavy atom. The van der Waals surface area contributed by atoms with E-state index >= 15 is 0 Å². The van der Waals surface area contributed by atoms with Crippen molar-refractivity contribution >= 4 is 39.1 Å². The maximum Gasteiger partial charge on any atom is 0.325 e. The van der Waals surface area contributed by atoms with E-state index in [0.717, 1.165) is 24.5 Å². The molecule has 0 saturated carbocycles. The summed E-state index contributed by atoms with van der Waals surface area (Å²) in [7, 11) is -3.34. The molecule has 0 radical (unpaired) electrons. The Bertz CT molecular complexity index is 918. The SMILES string of the molecule is CS(=O)(=O)CCC1NC(=O)N(CC(=O)Nc2ccc(F)c([N+](=O)[O-])c2)C1=O. The van der Waals surface area contributed by atoms with E-state index in [4.69, 9.17) is 0 Å². The predicted molar refractivity (Wildman–Crippen MR) is 90.0 cm³/mol. The van der Waals surface area contributed by atoms with Crippen LogP contribution in [0.2, 0.25) is 0 Å². The van der Waals surface area contributed by atoms with E-state index in [-0.39, 0.29) is 17.9 Å². The molecule has 1 aromatic carbocycles. The van der Waals surface area contributed by atoms with Crippen LogP contribution in [-0.2, 0) is 19.4 Å². The molecule has 1 heterocycles. The molecule has 1 aliphatic heterocycles. The van der Waals surface area contributed by atoms with Gasteiger partial charge in [-0.05, 0) is 18.6 Å². The molecule has 1 atom stereocenters. The lowest BCUT2D eigenvalue weighted by Gasteiger charge is -2.13. The molecule has 11 nitrogen and oxygen atoms in total. The number of carbonyl (C=O) groups is 3. The van der Waals surface area contributed by atoms with Gasteiger partial charge in [-0.15, -0.1) is 0 Å². The summed E-state index contributed by atoms with van der Waals surface area (Å²) >= 11 is 0. The van der Waals surface area contributed by atoms with Crippen molar-refractivity contribution < 1.29 is 32.1 Å². The van der Waals surface area contributed by atoms with Gasteiger partial charge in [0.15, 0.2) is 0 Å². The second kappa shape index (κ2) is 7.65. The van der Waals surface area contributed by atoms with E-state index in [1.54, 1.807) is 0 Å². The zero-order chi connectivity index (χ0) is 20.4. The summed E-state index contributed by atoms with van der Waals surface area (Å²) in [6.07, 6.45) is 0.854. The van der Waals surface area contributed by atoms with Crippen molar-refractivity contribution in [2.45, 2.75) is 12.5 Å². The zero-order valence-corrected chi connectivity index (χ0v) is 14.8. The first kappa shape index (κ1) is 20.2. The third-order valence-corrected chi connectivity index (χ3v) is 4.59. The highest BCUT2D eigenvalue weighted by Gasteiger charge is 2.39. The van der Waals surface area contributed by atoms with Gasteiger partial charge in [0.05, 0.1) is 10.7 Å². The van der Waals surface area contributed by atoms with Crippen molar-refractivity contribution in [3.05, 3.63) is 34.1 Å². The molecule has 0 bridgehead atoms. The first-order chi connectivity index (χ1) is 12.5. The van der Waals surface area contributed by atoms with Crippen molar-refractivity contribution in [3.8, 4) is 0 Å². The normalized spacial score (nSPS) is 17.0. The minimum absolute atomic E-state index is 0.0891. The van der Waals surface area contributed by atoms with Crippen LogP contribution in [0.5, 0.6) is 0 Å². The molecule has 13 heteroatoms. The highest BCUT2D eigenvalue weighted by atomic mass is 32.2. The van der Waals surface area contributed by atoms with Crippen LogP contribution in [0.1, 0.15) is 6.42 Å². The average molecular weight is 402 g/mol. The lowest BCUT2D eigenvalue weighted by molar-refractivity contribution is -0.387. The molecule has 1 unspecified atom stereocenters. The van der Waals surface area contributed by atoms with Crippen LogP contribution in [0.3, 0.4) is 0 Å². The highest BCUT2D eigenvalue weighted by molar-refractivity contribution is 7.90. The number of hydrogen-bond donors (Lipinski definition) is 2. The Kier molecular flexibility index (Phi) is 5.73. The maximum absolute atomic E-state index is 13.3. The lowest BCUT2D eigenvalue weighted by Crippen LogP contribution is -2.38. The van der Waals surface area contributed by atoms with E-state index in [9.17, 15) is 37.3 Å². The second-order valence-electron chi connectivity index (χ2n) is 5.82. The minimum atomic E-state index is -3.34. The lowest BCUT2D eigenvalue weighted by atomic mass is 10.2. The van der Waals surface area contributed by atoms with Crippen molar-refractivity contribution in [3.63, 3.8) is 0 Å². The summed E-state index contributed by atoms with van der Waals surface area (Å²) in [5.74, 6) is -3.00. The van der Waals surface area contributed by atoms with E-state index in [0.29, 0.717) is 4.90 Å². The molecule has 0 spiro atoms. The highest BCUT2D eigenvalue weighted by Crippen LogP contribution is 2.21. The summed E-state index contributed by atoms with van der Waals surface area (Å²) in [4.78, 5) is 46.3. The van der Waals surface area contributed by atoms with Crippen LogP contribution in [-0.4, -0.2) is 60.7 Å². The number of halogens is 1. The number of anilines is 1. The summed E-state index contributed by atoms with van der Waals surface area (Å²) in [5.41, 5.74) is -0.933. The monoisotopic (exact) mass is 402 g/mol. The smallest absolute Gasteiger partial charge is 0.325 e. The van der Waals surface area contributed by atoms with Crippen molar-refractivity contribution in [2.24, 2.45) is 0 Å². The van der Waals surface area contributed by atoms with Gasteiger partial charge >= 0.3 is 11.7 Å². The Labute approximate surface area is 152 Å². The summed E-state index contributed by atoms with van der Waals surface area (Å²) in [5, 5.41) is 15.2. The van der Waals surface area contributed by atoms with Gasteiger partial charge in [-0.3, -0.25) is 24.6 Å². The third-order valence-electron chi connectivity index (χ3n) is 3.61. The molecular weight excluding hydrogens is 387 g/mol.